The molecule has 0 radical (unpaired) electrons. The van der Waals surface area contributed by atoms with Crippen molar-refractivity contribution in [3.05, 3.63) is 45.2 Å². The highest BCUT2D eigenvalue weighted by atomic mass is 79.9. The molecule has 1 aromatic carbocycles. The van der Waals surface area contributed by atoms with Gasteiger partial charge in [-0.3, -0.25) is 9.48 Å². The van der Waals surface area contributed by atoms with Crippen LogP contribution in [0.2, 0.25) is 0 Å². The van der Waals surface area contributed by atoms with Crippen molar-refractivity contribution >= 4 is 21.7 Å². The number of ether oxygens (including phenoxy) is 1. The van der Waals surface area contributed by atoms with E-state index in [1.807, 2.05) is 39.8 Å². The highest BCUT2D eigenvalue weighted by Crippen LogP contribution is 2.27. The summed E-state index contributed by atoms with van der Waals surface area (Å²) in [4.78, 5) is 12.9. The second-order valence-corrected chi connectivity index (χ2v) is 6.15. The number of nitrogens with zero attached hydrogens (tertiary/aromatic N) is 2. The van der Waals surface area contributed by atoms with E-state index in [0.29, 0.717) is 17.0 Å². The van der Waals surface area contributed by atoms with Crippen LogP contribution >= 0.6 is 15.9 Å². The minimum atomic E-state index is -0.0725. The molecule has 0 bridgehead atoms. The van der Waals surface area contributed by atoms with Gasteiger partial charge in [-0.05, 0) is 51.0 Å². The number of methoxy groups -OCH3 is 1. The Balaban J connectivity index is 2.57. The van der Waals surface area contributed by atoms with Crippen LogP contribution in [0.1, 0.15) is 47.1 Å². The largest absolute Gasteiger partial charge is 0.493 e. The van der Waals surface area contributed by atoms with Gasteiger partial charge in [0.2, 0.25) is 5.78 Å². The summed E-state index contributed by atoms with van der Waals surface area (Å²) >= 11 is 3.52. The molecule has 1 aromatic heterocycles. The van der Waals surface area contributed by atoms with Crippen molar-refractivity contribution in [3.8, 4) is 5.75 Å². The van der Waals surface area contributed by atoms with Gasteiger partial charge in [0.05, 0.1) is 13.3 Å². The molecule has 0 aliphatic rings. The van der Waals surface area contributed by atoms with Crippen molar-refractivity contribution < 1.29 is 9.53 Å². The van der Waals surface area contributed by atoms with Gasteiger partial charge >= 0.3 is 0 Å². The van der Waals surface area contributed by atoms with E-state index in [1.165, 1.54) is 0 Å². The highest BCUT2D eigenvalue weighted by Gasteiger charge is 2.23. The molecule has 0 aliphatic heterocycles. The average molecular weight is 351 g/mol. The first-order chi connectivity index (χ1) is 9.86. The maximum absolute atomic E-state index is 12.9. The zero-order chi connectivity index (χ0) is 15.7. The Kier molecular flexibility index (Phi) is 4.52. The van der Waals surface area contributed by atoms with Crippen LogP contribution in [0.4, 0.5) is 0 Å². The van der Waals surface area contributed by atoms with E-state index in [2.05, 4.69) is 21.0 Å². The number of hydrogen-bond donors (Lipinski definition) is 0. The number of halogens is 1. The van der Waals surface area contributed by atoms with E-state index in [9.17, 15) is 4.79 Å². The van der Waals surface area contributed by atoms with Crippen LogP contribution < -0.4 is 4.74 Å². The van der Waals surface area contributed by atoms with Crippen molar-refractivity contribution in [2.75, 3.05) is 7.11 Å². The molecule has 0 saturated carbocycles. The Morgan fingerprint density at radius 3 is 2.33 bits per heavy atom. The first-order valence-electron chi connectivity index (χ1n) is 6.79. The van der Waals surface area contributed by atoms with Gasteiger partial charge < -0.3 is 4.74 Å². The average Bonchev–Trinajstić information content (AvgIpc) is 2.87. The van der Waals surface area contributed by atoms with E-state index in [4.69, 9.17) is 4.74 Å². The molecule has 0 spiro atoms. The first kappa shape index (κ1) is 15.8. The molecule has 0 fully saturated rings. The predicted molar refractivity (Wildman–Crippen MR) is 86.2 cm³/mol. The van der Waals surface area contributed by atoms with Gasteiger partial charge in [-0.15, -0.1) is 0 Å². The summed E-state index contributed by atoms with van der Waals surface area (Å²) in [7, 11) is 1.55. The predicted octanol–water partition coefficient (Wildman–Crippen LogP) is 4.08. The monoisotopic (exact) mass is 350 g/mol. The van der Waals surface area contributed by atoms with E-state index >= 15 is 0 Å². The lowest BCUT2D eigenvalue weighted by Gasteiger charge is -2.12. The van der Waals surface area contributed by atoms with Crippen LogP contribution in [0.25, 0.3) is 0 Å². The number of benzene rings is 1. The van der Waals surface area contributed by atoms with Crippen LogP contribution in [0, 0.1) is 13.8 Å². The number of rotatable bonds is 4. The fourth-order valence-corrected chi connectivity index (χ4v) is 2.55. The highest BCUT2D eigenvalue weighted by molar-refractivity contribution is 9.10. The molecule has 112 valence electrons. The standard InChI is InChI=1S/C16H19BrN2O2/c1-9(2)19-15(13(21-5)8-18-19)16(20)12-6-10(3)14(17)11(4)7-12/h6-9H,1-5H3. The number of carbonyl (C=O) groups is 1. The number of aromatic nitrogens is 2. The van der Waals surface area contributed by atoms with E-state index in [1.54, 1.807) is 18.0 Å². The van der Waals surface area contributed by atoms with Gasteiger partial charge in [-0.2, -0.15) is 5.10 Å². The maximum Gasteiger partial charge on any atom is 0.214 e. The minimum Gasteiger partial charge on any atom is -0.493 e. The van der Waals surface area contributed by atoms with E-state index in [-0.39, 0.29) is 11.8 Å². The summed E-state index contributed by atoms with van der Waals surface area (Å²) in [6.45, 7) is 7.93. The maximum atomic E-state index is 12.9. The Morgan fingerprint density at radius 1 is 1.29 bits per heavy atom. The lowest BCUT2D eigenvalue weighted by atomic mass is 10.0. The molecule has 4 nitrogen and oxygen atoms in total. The third-order valence-electron chi connectivity index (χ3n) is 3.38. The lowest BCUT2D eigenvalue weighted by molar-refractivity contribution is 0.102. The second-order valence-electron chi connectivity index (χ2n) is 5.35. The molecule has 21 heavy (non-hydrogen) atoms. The molecular formula is C16H19BrN2O2. The van der Waals surface area contributed by atoms with Crippen molar-refractivity contribution in [2.45, 2.75) is 33.7 Å². The van der Waals surface area contributed by atoms with Crippen molar-refractivity contribution in [2.24, 2.45) is 0 Å². The summed E-state index contributed by atoms with van der Waals surface area (Å²) in [5, 5.41) is 4.26. The van der Waals surface area contributed by atoms with Crippen LogP contribution in [0.3, 0.4) is 0 Å². The molecule has 0 aliphatic carbocycles. The smallest absolute Gasteiger partial charge is 0.214 e. The Labute approximate surface area is 133 Å². The Morgan fingerprint density at radius 2 is 1.86 bits per heavy atom. The van der Waals surface area contributed by atoms with Crippen LogP contribution in [-0.4, -0.2) is 22.7 Å². The van der Waals surface area contributed by atoms with Crippen molar-refractivity contribution in [3.63, 3.8) is 0 Å². The normalized spacial score (nSPS) is 11.0. The molecule has 1 heterocycles. The molecule has 0 N–H and O–H groups in total. The molecular weight excluding hydrogens is 332 g/mol. The van der Waals surface area contributed by atoms with Gasteiger partial charge in [-0.25, -0.2) is 0 Å². The summed E-state index contributed by atoms with van der Waals surface area (Å²) in [5.41, 5.74) is 3.21. The molecule has 0 atom stereocenters. The fourth-order valence-electron chi connectivity index (χ4n) is 2.32. The topological polar surface area (TPSA) is 44.1 Å². The van der Waals surface area contributed by atoms with Gasteiger partial charge in [-0.1, -0.05) is 15.9 Å². The van der Waals surface area contributed by atoms with Gasteiger partial charge in [0.25, 0.3) is 0 Å². The van der Waals surface area contributed by atoms with Crippen LogP contribution in [-0.2, 0) is 0 Å². The van der Waals surface area contributed by atoms with Gasteiger partial charge in [0.15, 0.2) is 11.4 Å². The van der Waals surface area contributed by atoms with E-state index < -0.39 is 0 Å². The first-order valence-corrected chi connectivity index (χ1v) is 7.59. The molecule has 0 amide bonds. The lowest BCUT2D eigenvalue weighted by Crippen LogP contribution is -2.14. The molecule has 2 rings (SSSR count). The van der Waals surface area contributed by atoms with Crippen molar-refractivity contribution in [1.29, 1.82) is 0 Å². The van der Waals surface area contributed by atoms with Crippen LogP contribution in [0.15, 0.2) is 22.8 Å². The number of aryl methyl sites for hydroxylation is 2. The zero-order valence-electron chi connectivity index (χ0n) is 12.9. The number of ketones is 1. The van der Waals surface area contributed by atoms with Crippen LogP contribution in [0.5, 0.6) is 5.75 Å². The summed E-state index contributed by atoms with van der Waals surface area (Å²) in [6.07, 6.45) is 1.59. The third-order valence-corrected chi connectivity index (χ3v) is 4.64. The van der Waals surface area contributed by atoms with E-state index in [0.717, 1.165) is 15.6 Å². The fraction of sp³-hybridized carbons (Fsp3) is 0.375. The Bertz CT molecular complexity index is 667. The zero-order valence-corrected chi connectivity index (χ0v) is 14.5. The third kappa shape index (κ3) is 2.88. The minimum absolute atomic E-state index is 0.0725. The van der Waals surface area contributed by atoms with Crippen molar-refractivity contribution in [1.82, 2.24) is 9.78 Å². The number of carbonyl (C=O) groups excluding carboxylic acids is 1. The summed E-state index contributed by atoms with van der Waals surface area (Å²) in [6, 6.07) is 3.86. The van der Waals surface area contributed by atoms with Gasteiger partial charge in [0, 0.05) is 16.1 Å². The van der Waals surface area contributed by atoms with Gasteiger partial charge in [0.1, 0.15) is 0 Å². The molecule has 0 saturated heterocycles. The quantitative estimate of drug-likeness (QED) is 0.780. The number of hydrogen-bond acceptors (Lipinski definition) is 3. The molecule has 5 heteroatoms. The second kappa shape index (κ2) is 6.02. The SMILES string of the molecule is COc1cnn(C(C)C)c1C(=O)c1cc(C)c(Br)c(C)c1. The molecule has 2 aromatic rings. The summed E-state index contributed by atoms with van der Waals surface area (Å²) in [5.74, 6) is 0.434. The Hall–Kier alpha value is -1.62. The summed E-state index contributed by atoms with van der Waals surface area (Å²) < 4.78 is 8.02. The molecule has 0 unspecified atom stereocenters.